The predicted molar refractivity (Wildman–Crippen MR) is 51.4 cm³/mol. The quantitative estimate of drug-likeness (QED) is 0.580. The smallest absolute Gasteiger partial charge is 0.00314 e. The molecule has 10 heavy (non-hydrogen) atoms. The van der Waals surface area contributed by atoms with Gasteiger partial charge in [-0.2, -0.15) is 0 Å². The molecule has 0 saturated heterocycles. The standard InChI is InChI=1S/C9H18Br/c1-3-6-9(4-2)7-5-8-10/h9H,1,3-8H2,2H3. The number of alkyl halides is 1. The Morgan fingerprint density at radius 3 is 2.50 bits per heavy atom. The van der Waals surface area contributed by atoms with Crippen LogP contribution in [0.15, 0.2) is 0 Å². The third kappa shape index (κ3) is 5.28. The van der Waals surface area contributed by atoms with Crippen molar-refractivity contribution in [3.63, 3.8) is 0 Å². The van der Waals surface area contributed by atoms with Crippen molar-refractivity contribution in [1.82, 2.24) is 0 Å². The van der Waals surface area contributed by atoms with Crippen molar-refractivity contribution < 1.29 is 0 Å². The van der Waals surface area contributed by atoms with Crippen LogP contribution in [0.4, 0.5) is 0 Å². The Morgan fingerprint density at radius 1 is 1.40 bits per heavy atom. The Morgan fingerprint density at radius 2 is 2.10 bits per heavy atom. The maximum atomic E-state index is 3.87. The van der Waals surface area contributed by atoms with Crippen LogP contribution in [-0.2, 0) is 0 Å². The first kappa shape index (κ1) is 10.5. The van der Waals surface area contributed by atoms with Gasteiger partial charge >= 0.3 is 0 Å². The van der Waals surface area contributed by atoms with E-state index >= 15 is 0 Å². The van der Waals surface area contributed by atoms with E-state index in [9.17, 15) is 0 Å². The van der Waals surface area contributed by atoms with Crippen LogP contribution in [0, 0.1) is 12.8 Å². The lowest BCUT2D eigenvalue weighted by atomic mass is 9.96. The lowest BCUT2D eigenvalue weighted by Crippen LogP contribution is -1.98. The van der Waals surface area contributed by atoms with Crippen LogP contribution in [0.3, 0.4) is 0 Å². The Balaban J connectivity index is 3.21. The van der Waals surface area contributed by atoms with Gasteiger partial charge in [0.05, 0.1) is 0 Å². The molecule has 0 heterocycles. The zero-order chi connectivity index (χ0) is 7.82. The van der Waals surface area contributed by atoms with Crippen LogP contribution in [0.2, 0.25) is 0 Å². The first-order valence-corrected chi connectivity index (χ1v) is 5.32. The second-order valence-corrected chi connectivity index (χ2v) is 3.54. The SMILES string of the molecule is [CH2]CCC(CC)CCCBr. The van der Waals surface area contributed by atoms with Crippen molar-refractivity contribution in [2.75, 3.05) is 5.33 Å². The van der Waals surface area contributed by atoms with Crippen LogP contribution < -0.4 is 0 Å². The van der Waals surface area contributed by atoms with Crippen LogP contribution in [0.5, 0.6) is 0 Å². The van der Waals surface area contributed by atoms with Gasteiger partial charge in [0, 0.05) is 5.33 Å². The summed E-state index contributed by atoms with van der Waals surface area (Å²) in [6, 6.07) is 0. The summed E-state index contributed by atoms with van der Waals surface area (Å²) in [5.74, 6) is 0.926. The molecule has 1 atom stereocenters. The minimum absolute atomic E-state index is 0.926. The third-order valence-corrected chi connectivity index (χ3v) is 2.50. The van der Waals surface area contributed by atoms with E-state index in [4.69, 9.17) is 0 Å². The summed E-state index contributed by atoms with van der Waals surface area (Å²) in [5.41, 5.74) is 0. The minimum Gasteiger partial charge on any atom is -0.0928 e. The van der Waals surface area contributed by atoms with Gasteiger partial charge in [-0.15, -0.1) is 0 Å². The molecule has 0 aromatic heterocycles. The van der Waals surface area contributed by atoms with Crippen molar-refractivity contribution in [2.45, 2.75) is 39.0 Å². The van der Waals surface area contributed by atoms with Gasteiger partial charge in [0.1, 0.15) is 0 Å². The fourth-order valence-corrected chi connectivity index (χ4v) is 1.53. The summed E-state index contributed by atoms with van der Waals surface area (Å²) in [4.78, 5) is 0. The highest BCUT2D eigenvalue weighted by Gasteiger charge is 2.02. The van der Waals surface area contributed by atoms with Gasteiger partial charge in [0.15, 0.2) is 0 Å². The van der Waals surface area contributed by atoms with Gasteiger partial charge in [-0.3, -0.25) is 0 Å². The first-order chi connectivity index (χ1) is 4.85. The van der Waals surface area contributed by atoms with E-state index in [-0.39, 0.29) is 0 Å². The van der Waals surface area contributed by atoms with Gasteiger partial charge in [0.25, 0.3) is 0 Å². The average Bonchev–Trinajstić information content (AvgIpc) is 1.98. The zero-order valence-corrected chi connectivity index (χ0v) is 8.49. The molecule has 1 heteroatoms. The maximum absolute atomic E-state index is 3.87. The fraction of sp³-hybridized carbons (Fsp3) is 0.889. The Bertz CT molecular complexity index is 61.7. The van der Waals surface area contributed by atoms with E-state index in [1.54, 1.807) is 0 Å². The molecular formula is C9H18Br. The number of rotatable bonds is 6. The number of hydrogen-bond acceptors (Lipinski definition) is 0. The van der Waals surface area contributed by atoms with Gasteiger partial charge in [-0.05, 0) is 18.8 Å². The van der Waals surface area contributed by atoms with Gasteiger partial charge in [-0.1, -0.05) is 49.0 Å². The lowest BCUT2D eigenvalue weighted by molar-refractivity contribution is 0.437. The highest BCUT2D eigenvalue weighted by molar-refractivity contribution is 9.09. The first-order valence-electron chi connectivity index (χ1n) is 4.20. The second-order valence-electron chi connectivity index (χ2n) is 2.75. The van der Waals surface area contributed by atoms with E-state index in [1.807, 2.05) is 0 Å². The topological polar surface area (TPSA) is 0 Å². The molecule has 0 aliphatic heterocycles. The molecule has 0 N–H and O–H groups in total. The van der Waals surface area contributed by atoms with Gasteiger partial charge in [-0.25, -0.2) is 0 Å². The highest BCUT2D eigenvalue weighted by Crippen LogP contribution is 2.17. The largest absolute Gasteiger partial charge is 0.0928 e. The van der Waals surface area contributed by atoms with Crippen molar-refractivity contribution in [3.05, 3.63) is 6.92 Å². The molecule has 1 unspecified atom stereocenters. The Kier molecular flexibility index (Phi) is 7.95. The summed E-state index contributed by atoms with van der Waals surface area (Å²) < 4.78 is 0. The lowest BCUT2D eigenvalue weighted by Gasteiger charge is -2.11. The number of hydrogen-bond donors (Lipinski definition) is 0. The van der Waals surface area contributed by atoms with Crippen LogP contribution >= 0.6 is 15.9 Å². The molecule has 0 bridgehead atoms. The van der Waals surface area contributed by atoms with E-state index in [1.165, 1.54) is 25.7 Å². The summed E-state index contributed by atoms with van der Waals surface area (Å²) in [6.45, 7) is 6.14. The van der Waals surface area contributed by atoms with Crippen molar-refractivity contribution in [3.8, 4) is 0 Å². The molecule has 0 aromatic rings. The van der Waals surface area contributed by atoms with E-state index < -0.39 is 0 Å². The summed E-state index contributed by atoms with van der Waals surface area (Å²) in [6.07, 6.45) is 6.42. The Labute approximate surface area is 73.5 Å². The molecule has 61 valence electrons. The molecule has 0 rings (SSSR count). The molecule has 0 nitrogen and oxygen atoms in total. The fourth-order valence-electron chi connectivity index (χ4n) is 1.21. The second kappa shape index (κ2) is 7.59. The van der Waals surface area contributed by atoms with Gasteiger partial charge < -0.3 is 0 Å². The van der Waals surface area contributed by atoms with Crippen molar-refractivity contribution in [1.29, 1.82) is 0 Å². The Hall–Kier alpha value is 0.480. The number of halogens is 1. The summed E-state index contributed by atoms with van der Waals surface area (Å²) in [7, 11) is 0. The van der Waals surface area contributed by atoms with E-state index in [0.717, 1.165) is 17.7 Å². The zero-order valence-electron chi connectivity index (χ0n) is 6.91. The molecule has 0 aromatic carbocycles. The van der Waals surface area contributed by atoms with Crippen LogP contribution in [0.1, 0.15) is 39.0 Å². The highest BCUT2D eigenvalue weighted by atomic mass is 79.9. The molecule has 1 radical (unpaired) electrons. The molecule has 0 fully saturated rings. The molecule has 0 aliphatic rings. The summed E-state index contributed by atoms with van der Waals surface area (Å²) >= 11 is 3.44. The van der Waals surface area contributed by atoms with Crippen LogP contribution in [-0.4, -0.2) is 5.33 Å². The molecule has 0 saturated carbocycles. The maximum Gasteiger partial charge on any atom is 0.00314 e. The van der Waals surface area contributed by atoms with E-state index in [2.05, 4.69) is 29.8 Å². The molecular weight excluding hydrogens is 188 g/mol. The predicted octanol–water partition coefficient (Wildman–Crippen LogP) is 3.80. The third-order valence-electron chi connectivity index (χ3n) is 1.94. The van der Waals surface area contributed by atoms with Crippen molar-refractivity contribution in [2.24, 2.45) is 5.92 Å². The van der Waals surface area contributed by atoms with Crippen molar-refractivity contribution >= 4 is 15.9 Å². The molecule has 0 spiro atoms. The van der Waals surface area contributed by atoms with Crippen LogP contribution in [0.25, 0.3) is 0 Å². The minimum atomic E-state index is 0.926. The normalized spacial score (nSPS) is 13.5. The van der Waals surface area contributed by atoms with E-state index in [0.29, 0.717) is 0 Å². The molecule has 0 amide bonds. The molecule has 0 aliphatic carbocycles. The monoisotopic (exact) mass is 205 g/mol. The average molecular weight is 206 g/mol. The van der Waals surface area contributed by atoms with Gasteiger partial charge in [0.2, 0.25) is 0 Å². The summed E-state index contributed by atoms with van der Waals surface area (Å²) in [5, 5.41) is 1.15.